The third kappa shape index (κ3) is 5.04. The molecule has 1 saturated carbocycles. The van der Waals surface area contributed by atoms with Gasteiger partial charge in [-0.25, -0.2) is 8.78 Å². The number of rotatable bonds is 3. The molecular formula is C12H20F5NOS. The second-order valence-corrected chi connectivity index (χ2v) is 8.23. The van der Waals surface area contributed by atoms with Gasteiger partial charge in [-0.05, 0) is 39.5 Å². The third-order valence-corrected chi connectivity index (χ3v) is 4.87. The first-order valence-electron chi connectivity index (χ1n) is 6.45. The summed E-state index contributed by atoms with van der Waals surface area (Å²) in [5, 5.41) is 0. The summed E-state index contributed by atoms with van der Waals surface area (Å²) < 4.78 is 78.8. The van der Waals surface area contributed by atoms with Crippen LogP contribution in [0, 0.1) is 5.92 Å². The van der Waals surface area contributed by atoms with Crippen molar-refractivity contribution in [2.45, 2.75) is 69.3 Å². The zero-order chi connectivity index (χ0) is 15.8. The van der Waals surface area contributed by atoms with Gasteiger partial charge in [-0.2, -0.15) is 13.2 Å². The van der Waals surface area contributed by atoms with E-state index in [0.29, 0.717) is 0 Å². The van der Waals surface area contributed by atoms with E-state index < -0.39 is 46.6 Å². The molecule has 0 radical (unpaired) electrons. The molecule has 3 atom stereocenters. The van der Waals surface area contributed by atoms with Crippen LogP contribution >= 0.6 is 0 Å². The molecule has 0 spiro atoms. The van der Waals surface area contributed by atoms with Crippen LogP contribution in [0.15, 0.2) is 0 Å². The summed E-state index contributed by atoms with van der Waals surface area (Å²) in [6.07, 6.45) is -5.77. The van der Waals surface area contributed by atoms with E-state index in [1.807, 2.05) is 4.72 Å². The highest BCUT2D eigenvalue weighted by Gasteiger charge is 2.52. The number of halogens is 5. The molecular weight excluding hydrogens is 301 g/mol. The highest BCUT2D eigenvalue weighted by atomic mass is 32.2. The van der Waals surface area contributed by atoms with E-state index in [1.165, 1.54) is 20.8 Å². The first kappa shape index (κ1) is 18.0. The van der Waals surface area contributed by atoms with Crippen LogP contribution in [-0.4, -0.2) is 27.4 Å². The van der Waals surface area contributed by atoms with Crippen LogP contribution in [0.4, 0.5) is 22.0 Å². The molecule has 0 bridgehead atoms. The Labute approximate surface area is 118 Å². The van der Waals surface area contributed by atoms with E-state index in [9.17, 15) is 26.5 Å². The minimum absolute atomic E-state index is 0.0497. The molecule has 0 heterocycles. The molecule has 1 unspecified atom stereocenters. The van der Waals surface area contributed by atoms with Crippen molar-refractivity contribution in [3.05, 3.63) is 0 Å². The zero-order valence-electron chi connectivity index (χ0n) is 11.7. The van der Waals surface area contributed by atoms with Crippen LogP contribution in [0.5, 0.6) is 0 Å². The van der Waals surface area contributed by atoms with Crippen LogP contribution in [0.25, 0.3) is 0 Å². The van der Waals surface area contributed by atoms with Gasteiger partial charge < -0.3 is 4.55 Å². The van der Waals surface area contributed by atoms with Crippen LogP contribution in [-0.2, 0) is 11.4 Å². The van der Waals surface area contributed by atoms with Crippen LogP contribution < -0.4 is 4.72 Å². The number of alkyl halides is 5. The Kier molecular flexibility index (Phi) is 5.36. The molecule has 0 aliphatic heterocycles. The Balaban J connectivity index is 2.85. The normalized spacial score (nSPS) is 27.1. The van der Waals surface area contributed by atoms with E-state index in [2.05, 4.69) is 0 Å². The van der Waals surface area contributed by atoms with Crippen molar-refractivity contribution in [1.82, 2.24) is 4.72 Å². The van der Waals surface area contributed by atoms with E-state index in [1.54, 1.807) is 0 Å². The molecule has 0 aromatic rings. The van der Waals surface area contributed by atoms with Crippen molar-refractivity contribution in [3.63, 3.8) is 0 Å². The summed E-state index contributed by atoms with van der Waals surface area (Å²) in [4.78, 5) is 0. The van der Waals surface area contributed by atoms with Crippen LogP contribution in [0.1, 0.15) is 46.5 Å². The molecule has 0 amide bonds. The van der Waals surface area contributed by atoms with Crippen molar-refractivity contribution < 1.29 is 26.5 Å². The molecule has 120 valence electrons. The Morgan fingerprint density at radius 1 is 1.25 bits per heavy atom. The molecule has 1 rings (SSSR count). The van der Waals surface area contributed by atoms with E-state index >= 15 is 0 Å². The maximum Gasteiger partial charge on any atom is 0.408 e. The average molecular weight is 321 g/mol. The second kappa shape index (κ2) is 5.96. The molecule has 0 aromatic heterocycles. The van der Waals surface area contributed by atoms with Crippen molar-refractivity contribution in [1.29, 1.82) is 0 Å². The van der Waals surface area contributed by atoms with Crippen molar-refractivity contribution >= 4 is 11.4 Å². The lowest BCUT2D eigenvalue weighted by molar-refractivity contribution is -0.175. The molecule has 2 nitrogen and oxygen atoms in total. The fourth-order valence-corrected chi connectivity index (χ4v) is 3.13. The number of nitrogens with one attached hydrogen (secondary N) is 1. The third-order valence-electron chi connectivity index (χ3n) is 3.29. The van der Waals surface area contributed by atoms with Gasteiger partial charge in [-0.15, -0.1) is 4.72 Å². The highest BCUT2D eigenvalue weighted by molar-refractivity contribution is 7.90. The topological polar surface area (TPSA) is 35.1 Å². The molecule has 1 aliphatic carbocycles. The van der Waals surface area contributed by atoms with E-state index in [0.717, 1.165) is 0 Å². The Hall–Kier alpha value is -0.0800. The minimum Gasteiger partial charge on any atom is -0.598 e. The first-order valence-corrected chi connectivity index (χ1v) is 7.60. The molecule has 20 heavy (non-hydrogen) atoms. The van der Waals surface area contributed by atoms with Gasteiger partial charge in [0.1, 0.15) is 4.75 Å². The van der Waals surface area contributed by atoms with Gasteiger partial charge in [0.2, 0.25) is 5.92 Å². The maximum absolute atomic E-state index is 13.3. The summed E-state index contributed by atoms with van der Waals surface area (Å²) in [7, 11) is 0. The smallest absolute Gasteiger partial charge is 0.408 e. The van der Waals surface area contributed by atoms with Gasteiger partial charge in [0.05, 0.1) is 0 Å². The van der Waals surface area contributed by atoms with E-state index in [-0.39, 0.29) is 19.3 Å². The SMILES string of the molecule is CC(C)(C)[S+]([O-])N[C@@H]([C@@H]1CCCC(F)(F)C1)C(F)(F)F. The number of hydrogen-bond acceptors (Lipinski definition) is 2. The largest absolute Gasteiger partial charge is 0.598 e. The van der Waals surface area contributed by atoms with Gasteiger partial charge in [-0.3, -0.25) is 0 Å². The Bertz CT molecular complexity index is 329. The molecule has 0 aromatic carbocycles. The maximum atomic E-state index is 13.3. The Morgan fingerprint density at radius 2 is 1.80 bits per heavy atom. The lowest BCUT2D eigenvalue weighted by Crippen LogP contribution is -2.55. The van der Waals surface area contributed by atoms with Gasteiger partial charge in [-0.1, -0.05) is 0 Å². The highest BCUT2D eigenvalue weighted by Crippen LogP contribution is 2.42. The minimum atomic E-state index is -4.70. The molecule has 1 aliphatic rings. The summed E-state index contributed by atoms with van der Waals surface area (Å²) in [5.41, 5.74) is 0. The Morgan fingerprint density at radius 3 is 2.20 bits per heavy atom. The lowest BCUT2D eigenvalue weighted by Gasteiger charge is -2.37. The van der Waals surface area contributed by atoms with Gasteiger partial charge in [0.15, 0.2) is 6.04 Å². The monoisotopic (exact) mass is 321 g/mol. The fraction of sp³-hybridized carbons (Fsp3) is 1.00. The second-order valence-electron chi connectivity index (χ2n) is 6.23. The van der Waals surface area contributed by atoms with Gasteiger partial charge in [0, 0.05) is 24.2 Å². The zero-order valence-corrected chi connectivity index (χ0v) is 12.5. The molecule has 0 saturated heterocycles. The molecule has 1 fully saturated rings. The summed E-state index contributed by atoms with van der Waals surface area (Å²) in [6, 6.07) is -2.16. The van der Waals surface area contributed by atoms with Crippen LogP contribution in [0.2, 0.25) is 0 Å². The molecule has 8 heteroatoms. The van der Waals surface area contributed by atoms with Gasteiger partial charge in [0.25, 0.3) is 0 Å². The standard InChI is InChI=1S/C12H20F5NOS/c1-10(2,3)20(19)18-9(12(15,16)17)8-5-4-6-11(13,14)7-8/h8-9,18H,4-7H2,1-3H3/t8-,9+,20?/m1/s1. The van der Waals surface area contributed by atoms with E-state index in [4.69, 9.17) is 0 Å². The molecule has 1 N–H and O–H groups in total. The first-order chi connectivity index (χ1) is 8.83. The van der Waals surface area contributed by atoms with Gasteiger partial charge >= 0.3 is 6.18 Å². The lowest BCUT2D eigenvalue weighted by atomic mass is 9.82. The predicted octanol–water partition coefficient (Wildman–Crippen LogP) is 3.79. The summed E-state index contributed by atoms with van der Waals surface area (Å²) in [5.74, 6) is -4.32. The summed E-state index contributed by atoms with van der Waals surface area (Å²) in [6.45, 7) is 4.58. The number of hydrogen-bond donors (Lipinski definition) is 1. The fourth-order valence-electron chi connectivity index (χ4n) is 2.22. The summed E-state index contributed by atoms with van der Waals surface area (Å²) >= 11 is -1.96. The predicted molar refractivity (Wildman–Crippen MR) is 67.8 cm³/mol. The van der Waals surface area contributed by atoms with Crippen molar-refractivity contribution in [3.8, 4) is 0 Å². The van der Waals surface area contributed by atoms with Crippen molar-refractivity contribution in [2.75, 3.05) is 0 Å². The quantitative estimate of drug-likeness (QED) is 0.634. The van der Waals surface area contributed by atoms with Crippen molar-refractivity contribution in [2.24, 2.45) is 5.92 Å². The van der Waals surface area contributed by atoms with Crippen LogP contribution in [0.3, 0.4) is 0 Å². The average Bonchev–Trinajstić information content (AvgIpc) is 2.20.